The molecule has 2 N–H and O–H groups in total. The Bertz CT molecular complexity index is 416. The summed E-state index contributed by atoms with van der Waals surface area (Å²) >= 11 is 0. The zero-order valence-electron chi connectivity index (χ0n) is 11.2. The van der Waals surface area contributed by atoms with Crippen LogP contribution in [0.15, 0.2) is 18.2 Å². The van der Waals surface area contributed by atoms with Crippen molar-refractivity contribution in [1.29, 1.82) is 0 Å². The van der Waals surface area contributed by atoms with Crippen molar-refractivity contribution in [2.45, 2.75) is 19.1 Å². The van der Waals surface area contributed by atoms with Crippen molar-refractivity contribution in [3.63, 3.8) is 0 Å². The van der Waals surface area contributed by atoms with Crippen LogP contribution < -0.4 is 15.2 Å². The van der Waals surface area contributed by atoms with E-state index in [2.05, 4.69) is 4.74 Å². The van der Waals surface area contributed by atoms with Crippen molar-refractivity contribution in [1.82, 2.24) is 0 Å². The van der Waals surface area contributed by atoms with Crippen LogP contribution in [0.5, 0.6) is 11.5 Å². The predicted molar refractivity (Wildman–Crippen MR) is 68.0 cm³/mol. The number of rotatable bonds is 6. The van der Waals surface area contributed by atoms with E-state index in [1.807, 2.05) is 0 Å². The number of carbonyl (C=O) groups is 1. The number of methoxy groups -OCH3 is 2. The molecule has 0 heterocycles. The van der Waals surface area contributed by atoms with Crippen LogP contribution in [0.4, 0.5) is 4.39 Å². The van der Waals surface area contributed by atoms with Gasteiger partial charge in [0.15, 0.2) is 0 Å². The Labute approximate surface area is 111 Å². The van der Waals surface area contributed by atoms with E-state index in [4.69, 9.17) is 15.2 Å². The average molecular weight is 271 g/mol. The second-order valence-corrected chi connectivity index (χ2v) is 3.83. The maximum absolute atomic E-state index is 13.9. The Hall–Kier alpha value is -1.82. The highest BCUT2D eigenvalue weighted by molar-refractivity contribution is 5.75. The fraction of sp³-hybridized carbons (Fsp3) is 0.462. The number of hydrogen-bond donors (Lipinski definition) is 1. The zero-order chi connectivity index (χ0) is 14.4. The van der Waals surface area contributed by atoms with Crippen LogP contribution >= 0.6 is 0 Å². The van der Waals surface area contributed by atoms with Gasteiger partial charge in [-0.1, -0.05) is 0 Å². The van der Waals surface area contributed by atoms with Gasteiger partial charge >= 0.3 is 5.97 Å². The van der Waals surface area contributed by atoms with Crippen molar-refractivity contribution in [2.24, 2.45) is 5.73 Å². The lowest BCUT2D eigenvalue weighted by molar-refractivity contribution is -0.149. The van der Waals surface area contributed by atoms with Gasteiger partial charge in [0.25, 0.3) is 0 Å². The van der Waals surface area contributed by atoms with Crippen molar-refractivity contribution in [2.75, 3.05) is 20.8 Å². The van der Waals surface area contributed by atoms with Gasteiger partial charge in [-0.3, -0.25) is 0 Å². The van der Waals surface area contributed by atoms with Crippen LogP contribution in [0, 0.1) is 0 Å². The number of benzene rings is 1. The summed E-state index contributed by atoms with van der Waals surface area (Å²) in [6.45, 7) is 1.71. The molecule has 1 aromatic carbocycles. The molecule has 1 aromatic rings. The topological polar surface area (TPSA) is 70.8 Å². The quantitative estimate of drug-likeness (QED) is 0.796. The minimum Gasteiger partial charge on any atom is -0.497 e. The van der Waals surface area contributed by atoms with Gasteiger partial charge in [-0.2, -0.15) is 0 Å². The molecule has 19 heavy (non-hydrogen) atoms. The number of halogens is 1. The first-order valence-electron chi connectivity index (χ1n) is 5.82. The molecule has 6 heteroatoms. The summed E-state index contributed by atoms with van der Waals surface area (Å²) in [4.78, 5) is 11.3. The third kappa shape index (κ3) is 3.82. The Kier molecular flexibility index (Phi) is 5.57. The fourth-order valence-corrected chi connectivity index (χ4v) is 1.56. The predicted octanol–water partition coefficient (Wildman–Crippen LogP) is 1.60. The fourth-order valence-electron chi connectivity index (χ4n) is 1.56. The number of esters is 1. The average Bonchev–Trinajstić information content (AvgIpc) is 2.45. The van der Waals surface area contributed by atoms with Crippen LogP contribution in [-0.2, 0) is 9.53 Å². The lowest BCUT2D eigenvalue weighted by atomic mass is 10.0. The SMILES string of the molecule is CCOC(=O)C(F)[C@H](N)c1cc(OC)cc(OC)c1. The van der Waals surface area contributed by atoms with E-state index in [0.29, 0.717) is 17.1 Å². The van der Waals surface area contributed by atoms with E-state index in [9.17, 15) is 9.18 Å². The maximum atomic E-state index is 13.9. The van der Waals surface area contributed by atoms with E-state index in [-0.39, 0.29) is 6.61 Å². The van der Waals surface area contributed by atoms with Crippen LogP contribution in [0.2, 0.25) is 0 Å². The Morgan fingerprint density at radius 3 is 2.21 bits per heavy atom. The molecule has 0 aromatic heterocycles. The number of hydrogen-bond acceptors (Lipinski definition) is 5. The summed E-state index contributed by atoms with van der Waals surface area (Å²) in [7, 11) is 2.95. The highest BCUT2D eigenvalue weighted by atomic mass is 19.1. The van der Waals surface area contributed by atoms with E-state index < -0.39 is 18.2 Å². The number of nitrogens with two attached hydrogens (primary N) is 1. The van der Waals surface area contributed by atoms with Crippen LogP contribution in [-0.4, -0.2) is 33.0 Å². The zero-order valence-corrected chi connectivity index (χ0v) is 11.2. The van der Waals surface area contributed by atoms with Crippen LogP contribution in [0.1, 0.15) is 18.5 Å². The molecule has 0 aliphatic carbocycles. The lowest BCUT2D eigenvalue weighted by Gasteiger charge is -2.17. The molecular weight excluding hydrogens is 253 g/mol. The first kappa shape index (κ1) is 15.2. The molecule has 5 nitrogen and oxygen atoms in total. The van der Waals surface area contributed by atoms with E-state index >= 15 is 0 Å². The van der Waals surface area contributed by atoms with Gasteiger partial charge in [0.1, 0.15) is 11.5 Å². The van der Waals surface area contributed by atoms with Crippen molar-refractivity contribution in [3.8, 4) is 11.5 Å². The van der Waals surface area contributed by atoms with Gasteiger partial charge in [0, 0.05) is 6.07 Å². The van der Waals surface area contributed by atoms with E-state index in [1.165, 1.54) is 14.2 Å². The monoisotopic (exact) mass is 271 g/mol. The van der Waals surface area contributed by atoms with Crippen molar-refractivity contribution < 1.29 is 23.4 Å². The van der Waals surface area contributed by atoms with Crippen molar-refractivity contribution >= 4 is 5.97 Å². The summed E-state index contributed by atoms with van der Waals surface area (Å²) < 4.78 is 28.6. The van der Waals surface area contributed by atoms with Crippen LogP contribution in [0.3, 0.4) is 0 Å². The molecule has 0 spiro atoms. The molecule has 0 aliphatic heterocycles. The third-order valence-corrected chi connectivity index (χ3v) is 2.59. The summed E-state index contributed by atoms with van der Waals surface area (Å²) in [6, 6.07) is 3.61. The molecule has 0 fully saturated rings. The second-order valence-electron chi connectivity index (χ2n) is 3.83. The number of ether oxygens (including phenoxy) is 3. The van der Waals surface area contributed by atoms with Gasteiger partial charge in [-0.25, -0.2) is 9.18 Å². The first-order valence-corrected chi connectivity index (χ1v) is 5.82. The van der Waals surface area contributed by atoms with E-state index in [1.54, 1.807) is 25.1 Å². The molecule has 0 saturated carbocycles. The van der Waals surface area contributed by atoms with Crippen LogP contribution in [0.25, 0.3) is 0 Å². The van der Waals surface area contributed by atoms with Crippen molar-refractivity contribution in [3.05, 3.63) is 23.8 Å². The molecule has 106 valence electrons. The molecule has 0 saturated heterocycles. The van der Waals surface area contributed by atoms with E-state index in [0.717, 1.165) is 0 Å². The number of alkyl halides is 1. The van der Waals surface area contributed by atoms with Gasteiger partial charge in [-0.15, -0.1) is 0 Å². The maximum Gasteiger partial charge on any atom is 0.342 e. The molecule has 0 aliphatic rings. The minimum absolute atomic E-state index is 0.105. The Morgan fingerprint density at radius 1 is 1.26 bits per heavy atom. The highest BCUT2D eigenvalue weighted by Gasteiger charge is 2.28. The van der Waals surface area contributed by atoms with Gasteiger partial charge < -0.3 is 19.9 Å². The first-order chi connectivity index (χ1) is 9.03. The normalized spacial score (nSPS) is 13.5. The summed E-state index contributed by atoms with van der Waals surface area (Å²) in [6.07, 6.45) is -1.93. The summed E-state index contributed by atoms with van der Waals surface area (Å²) in [5.74, 6) is -0.0292. The highest BCUT2D eigenvalue weighted by Crippen LogP contribution is 2.28. The molecule has 2 atom stereocenters. The summed E-state index contributed by atoms with van der Waals surface area (Å²) in [5, 5.41) is 0. The standard InChI is InChI=1S/C13H18FNO4/c1-4-19-13(16)11(14)12(15)8-5-9(17-2)7-10(6-8)18-3/h5-7,11-12H,4,15H2,1-3H3/t11?,12-/m1/s1. The number of carbonyl (C=O) groups excluding carboxylic acids is 1. The molecular formula is C13H18FNO4. The summed E-state index contributed by atoms with van der Waals surface area (Å²) in [5.41, 5.74) is 6.13. The second kappa shape index (κ2) is 6.94. The Morgan fingerprint density at radius 2 is 1.79 bits per heavy atom. The lowest BCUT2D eigenvalue weighted by Crippen LogP contribution is -2.31. The van der Waals surface area contributed by atoms with Gasteiger partial charge in [0.2, 0.25) is 6.17 Å². The Balaban J connectivity index is 2.97. The third-order valence-electron chi connectivity index (χ3n) is 2.59. The largest absolute Gasteiger partial charge is 0.497 e. The minimum atomic E-state index is -1.93. The smallest absolute Gasteiger partial charge is 0.342 e. The molecule has 1 unspecified atom stereocenters. The molecule has 0 bridgehead atoms. The van der Waals surface area contributed by atoms with Gasteiger partial charge in [0.05, 0.1) is 26.9 Å². The molecule has 1 rings (SSSR count). The molecule has 0 radical (unpaired) electrons. The molecule has 0 amide bonds. The van der Waals surface area contributed by atoms with Gasteiger partial charge in [-0.05, 0) is 24.6 Å².